The molecule has 5 heteroatoms. The van der Waals surface area contributed by atoms with Gasteiger partial charge in [-0.2, -0.15) is 0 Å². The SMILES string of the molecule is Nc1cc(C(=O)N2CC[C@@H](c3ccc4ccccc4c3)[C@H](O)C2)ccn1. The molecule has 26 heavy (non-hydrogen) atoms. The van der Waals surface area contributed by atoms with E-state index in [0.29, 0.717) is 24.5 Å². The van der Waals surface area contributed by atoms with E-state index < -0.39 is 6.10 Å². The Hall–Kier alpha value is -2.92. The van der Waals surface area contributed by atoms with E-state index in [2.05, 4.69) is 35.3 Å². The van der Waals surface area contributed by atoms with Crippen molar-refractivity contribution >= 4 is 22.5 Å². The van der Waals surface area contributed by atoms with Crippen LogP contribution in [-0.2, 0) is 0 Å². The monoisotopic (exact) mass is 347 g/mol. The van der Waals surface area contributed by atoms with Gasteiger partial charge in [0.2, 0.25) is 0 Å². The number of pyridine rings is 1. The van der Waals surface area contributed by atoms with Crippen LogP contribution in [0, 0.1) is 0 Å². The molecule has 132 valence electrons. The van der Waals surface area contributed by atoms with E-state index in [1.807, 2.05) is 12.1 Å². The van der Waals surface area contributed by atoms with Gasteiger partial charge in [-0.1, -0.05) is 42.5 Å². The van der Waals surface area contributed by atoms with Gasteiger partial charge in [-0.15, -0.1) is 0 Å². The first kappa shape index (κ1) is 16.5. The second-order valence-electron chi connectivity index (χ2n) is 6.79. The summed E-state index contributed by atoms with van der Waals surface area (Å²) >= 11 is 0. The van der Waals surface area contributed by atoms with Gasteiger partial charge in [-0.3, -0.25) is 4.79 Å². The number of hydrogen-bond acceptors (Lipinski definition) is 4. The summed E-state index contributed by atoms with van der Waals surface area (Å²) in [6.45, 7) is 0.925. The number of amides is 1. The molecule has 1 amide bonds. The third-order valence-corrected chi connectivity index (χ3v) is 5.10. The van der Waals surface area contributed by atoms with Gasteiger partial charge < -0.3 is 15.7 Å². The number of aliphatic hydroxyl groups excluding tert-OH is 1. The smallest absolute Gasteiger partial charge is 0.254 e. The number of benzene rings is 2. The van der Waals surface area contributed by atoms with E-state index in [1.54, 1.807) is 17.0 Å². The molecule has 5 nitrogen and oxygen atoms in total. The second kappa shape index (κ2) is 6.77. The molecule has 3 N–H and O–H groups in total. The van der Waals surface area contributed by atoms with Crippen LogP contribution in [0.4, 0.5) is 5.82 Å². The lowest BCUT2D eigenvalue weighted by atomic mass is 9.86. The molecule has 0 aliphatic carbocycles. The van der Waals surface area contributed by atoms with E-state index >= 15 is 0 Å². The Bertz CT molecular complexity index is 957. The maximum atomic E-state index is 12.6. The van der Waals surface area contributed by atoms with Crippen LogP contribution < -0.4 is 5.73 Å². The number of carbonyl (C=O) groups is 1. The molecule has 1 saturated heterocycles. The zero-order valence-electron chi connectivity index (χ0n) is 14.4. The standard InChI is InChI=1S/C21H21N3O2/c22-20-12-17(7-9-23-20)21(26)24-10-8-18(19(25)13-24)16-6-5-14-3-1-2-4-15(14)11-16/h1-7,9,11-12,18-19,25H,8,10,13H2,(H2,22,23)/t18-,19+/m0/s1. The Kier molecular flexibility index (Phi) is 4.31. The number of β-amino-alcohol motifs (C(OH)–C–C–N with tert-alkyl or cyclic N) is 1. The van der Waals surface area contributed by atoms with Crippen LogP contribution in [0.1, 0.15) is 28.3 Å². The Balaban J connectivity index is 1.51. The van der Waals surface area contributed by atoms with Crippen LogP contribution in [-0.4, -0.2) is 40.1 Å². The molecule has 0 unspecified atom stereocenters. The van der Waals surface area contributed by atoms with E-state index in [4.69, 9.17) is 5.73 Å². The van der Waals surface area contributed by atoms with Gasteiger partial charge in [0.05, 0.1) is 6.10 Å². The summed E-state index contributed by atoms with van der Waals surface area (Å²) in [5, 5.41) is 13.0. The van der Waals surface area contributed by atoms with Gasteiger partial charge in [0, 0.05) is 30.8 Å². The normalized spacial score (nSPS) is 20.3. The van der Waals surface area contributed by atoms with Crippen LogP contribution in [0.3, 0.4) is 0 Å². The van der Waals surface area contributed by atoms with E-state index in [1.165, 1.54) is 17.0 Å². The molecule has 2 atom stereocenters. The number of fused-ring (bicyclic) bond motifs is 1. The molecular weight excluding hydrogens is 326 g/mol. The van der Waals surface area contributed by atoms with Gasteiger partial charge in [0.15, 0.2) is 0 Å². The highest BCUT2D eigenvalue weighted by Gasteiger charge is 2.31. The summed E-state index contributed by atoms with van der Waals surface area (Å²) in [7, 11) is 0. The van der Waals surface area contributed by atoms with Gasteiger partial charge in [-0.25, -0.2) is 4.98 Å². The van der Waals surface area contributed by atoms with Gasteiger partial charge in [-0.05, 0) is 34.9 Å². The molecule has 1 aromatic heterocycles. The minimum Gasteiger partial charge on any atom is -0.391 e. The molecule has 1 aliphatic rings. The number of anilines is 1. The molecule has 1 fully saturated rings. The average molecular weight is 347 g/mol. The van der Waals surface area contributed by atoms with Crippen LogP contribution in [0.5, 0.6) is 0 Å². The van der Waals surface area contributed by atoms with Crippen molar-refractivity contribution in [1.29, 1.82) is 0 Å². The van der Waals surface area contributed by atoms with E-state index in [-0.39, 0.29) is 11.8 Å². The number of carbonyl (C=O) groups excluding carboxylic acids is 1. The number of piperidine rings is 1. The lowest BCUT2D eigenvalue weighted by molar-refractivity contribution is 0.0382. The van der Waals surface area contributed by atoms with Gasteiger partial charge in [0.1, 0.15) is 5.82 Å². The highest BCUT2D eigenvalue weighted by molar-refractivity contribution is 5.94. The average Bonchev–Trinajstić information content (AvgIpc) is 2.67. The van der Waals surface area contributed by atoms with Crippen molar-refractivity contribution in [2.45, 2.75) is 18.4 Å². The number of hydrogen-bond donors (Lipinski definition) is 2. The maximum Gasteiger partial charge on any atom is 0.254 e. The van der Waals surface area contributed by atoms with Crippen LogP contribution >= 0.6 is 0 Å². The molecule has 1 aliphatic heterocycles. The number of aliphatic hydroxyl groups is 1. The highest BCUT2D eigenvalue weighted by atomic mass is 16.3. The minimum absolute atomic E-state index is 0.0335. The number of likely N-dealkylation sites (tertiary alicyclic amines) is 1. The molecule has 2 heterocycles. The predicted molar refractivity (Wildman–Crippen MR) is 102 cm³/mol. The molecular formula is C21H21N3O2. The van der Waals surface area contributed by atoms with Crippen molar-refractivity contribution in [2.75, 3.05) is 18.8 Å². The minimum atomic E-state index is -0.590. The number of nitrogen functional groups attached to an aromatic ring is 1. The summed E-state index contributed by atoms with van der Waals surface area (Å²) < 4.78 is 0. The summed E-state index contributed by atoms with van der Waals surface area (Å²) in [6.07, 6.45) is 1.67. The fourth-order valence-corrected chi connectivity index (χ4v) is 3.71. The van der Waals surface area contributed by atoms with Crippen LogP contribution in [0.25, 0.3) is 10.8 Å². The fraction of sp³-hybridized carbons (Fsp3) is 0.238. The third-order valence-electron chi connectivity index (χ3n) is 5.10. The van der Waals surface area contributed by atoms with Gasteiger partial charge >= 0.3 is 0 Å². The molecule has 4 rings (SSSR count). The van der Waals surface area contributed by atoms with Crippen LogP contribution in [0.2, 0.25) is 0 Å². The number of nitrogens with two attached hydrogens (primary N) is 1. The summed E-state index contributed by atoms with van der Waals surface area (Å²) in [4.78, 5) is 18.3. The summed E-state index contributed by atoms with van der Waals surface area (Å²) in [6, 6.07) is 17.7. The van der Waals surface area contributed by atoms with Crippen molar-refractivity contribution in [3.63, 3.8) is 0 Å². The number of aromatic nitrogens is 1. The first-order valence-electron chi connectivity index (χ1n) is 8.79. The van der Waals surface area contributed by atoms with E-state index in [0.717, 1.165) is 12.0 Å². The first-order valence-corrected chi connectivity index (χ1v) is 8.79. The van der Waals surface area contributed by atoms with Crippen molar-refractivity contribution in [2.24, 2.45) is 0 Å². The topological polar surface area (TPSA) is 79.5 Å². The molecule has 2 aromatic carbocycles. The first-order chi connectivity index (χ1) is 12.6. The quantitative estimate of drug-likeness (QED) is 0.747. The van der Waals surface area contributed by atoms with E-state index in [9.17, 15) is 9.90 Å². The van der Waals surface area contributed by atoms with Crippen molar-refractivity contribution < 1.29 is 9.90 Å². The van der Waals surface area contributed by atoms with Gasteiger partial charge in [0.25, 0.3) is 5.91 Å². The second-order valence-corrected chi connectivity index (χ2v) is 6.79. The Morgan fingerprint density at radius 2 is 1.92 bits per heavy atom. The fourth-order valence-electron chi connectivity index (χ4n) is 3.71. The zero-order chi connectivity index (χ0) is 18.1. The Morgan fingerprint density at radius 3 is 2.69 bits per heavy atom. The molecule has 0 bridgehead atoms. The Labute approximate surface area is 152 Å². The maximum absolute atomic E-state index is 12.6. The molecule has 0 spiro atoms. The summed E-state index contributed by atoms with van der Waals surface area (Å²) in [5.74, 6) is 0.240. The lowest BCUT2D eigenvalue weighted by Gasteiger charge is -2.36. The van der Waals surface area contributed by atoms with Crippen molar-refractivity contribution in [3.05, 3.63) is 71.9 Å². The third kappa shape index (κ3) is 3.13. The largest absolute Gasteiger partial charge is 0.391 e. The molecule has 0 saturated carbocycles. The highest BCUT2D eigenvalue weighted by Crippen LogP contribution is 2.31. The lowest BCUT2D eigenvalue weighted by Crippen LogP contribution is -2.45. The van der Waals surface area contributed by atoms with Crippen LogP contribution in [0.15, 0.2) is 60.8 Å². The number of nitrogens with zero attached hydrogens (tertiary/aromatic N) is 2. The molecule has 3 aromatic rings. The van der Waals surface area contributed by atoms with Crippen molar-refractivity contribution in [1.82, 2.24) is 9.88 Å². The predicted octanol–water partition coefficient (Wildman–Crippen LogP) is 2.81. The number of rotatable bonds is 2. The Morgan fingerprint density at radius 1 is 1.12 bits per heavy atom. The molecule has 0 radical (unpaired) electrons. The van der Waals surface area contributed by atoms with Crippen molar-refractivity contribution in [3.8, 4) is 0 Å². The summed E-state index contributed by atoms with van der Waals surface area (Å²) in [5.41, 5.74) is 7.30. The zero-order valence-corrected chi connectivity index (χ0v) is 14.4.